The van der Waals surface area contributed by atoms with Crippen molar-refractivity contribution in [3.63, 3.8) is 0 Å². The summed E-state index contributed by atoms with van der Waals surface area (Å²) >= 11 is 0. The maximum atomic E-state index is 6.16. The summed E-state index contributed by atoms with van der Waals surface area (Å²) in [7, 11) is 0. The minimum absolute atomic E-state index is 0.137. The second-order valence-corrected chi connectivity index (χ2v) is 8.94. The zero-order chi connectivity index (χ0) is 15.3. The number of fused-ring (bicyclic) bond motifs is 2. The van der Waals surface area contributed by atoms with Gasteiger partial charge in [0.2, 0.25) is 0 Å². The highest BCUT2D eigenvalue weighted by atomic mass is 16.5. The van der Waals surface area contributed by atoms with E-state index < -0.39 is 0 Å². The molecule has 2 heteroatoms. The lowest BCUT2D eigenvalue weighted by atomic mass is 9.68. The zero-order valence-corrected chi connectivity index (χ0v) is 14.8. The van der Waals surface area contributed by atoms with Crippen molar-refractivity contribution in [2.24, 2.45) is 16.7 Å². The summed E-state index contributed by atoms with van der Waals surface area (Å²) in [4.78, 5) is 0. The van der Waals surface area contributed by atoms with Gasteiger partial charge in [-0.25, -0.2) is 0 Å². The topological polar surface area (TPSA) is 21.3 Å². The van der Waals surface area contributed by atoms with E-state index in [1.165, 1.54) is 32.1 Å². The first-order valence-corrected chi connectivity index (χ1v) is 9.25. The third-order valence-corrected chi connectivity index (χ3v) is 7.45. The molecule has 2 bridgehead atoms. The van der Waals surface area contributed by atoms with Crippen molar-refractivity contribution in [2.75, 3.05) is 6.61 Å². The van der Waals surface area contributed by atoms with Crippen molar-refractivity contribution in [2.45, 2.75) is 97.2 Å². The van der Waals surface area contributed by atoms with Crippen molar-refractivity contribution in [1.82, 2.24) is 5.32 Å². The summed E-state index contributed by atoms with van der Waals surface area (Å²) in [6, 6.07) is 1.34. The van der Waals surface area contributed by atoms with Crippen LogP contribution in [0.3, 0.4) is 0 Å². The van der Waals surface area contributed by atoms with Crippen molar-refractivity contribution in [3.05, 3.63) is 0 Å². The van der Waals surface area contributed by atoms with E-state index in [1.54, 1.807) is 0 Å². The number of hydrogen-bond acceptors (Lipinski definition) is 2. The molecule has 2 unspecified atom stereocenters. The number of nitrogens with one attached hydrogen (secondary N) is 1. The van der Waals surface area contributed by atoms with Crippen LogP contribution in [0.4, 0.5) is 0 Å². The fraction of sp³-hybridized carbons (Fsp3) is 1.00. The van der Waals surface area contributed by atoms with Gasteiger partial charge in [0.15, 0.2) is 0 Å². The third-order valence-electron chi connectivity index (χ3n) is 7.45. The average molecular weight is 293 g/mol. The van der Waals surface area contributed by atoms with Crippen LogP contribution in [0.1, 0.15) is 79.6 Å². The van der Waals surface area contributed by atoms with Crippen LogP contribution in [0.25, 0.3) is 0 Å². The molecular weight excluding hydrogens is 258 g/mol. The molecule has 122 valence electrons. The molecule has 1 saturated heterocycles. The fourth-order valence-electron chi connectivity index (χ4n) is 5.87. The SMILES string of the molecule is CCC1(CC)CC(NC2C(C)(C)[C@H]3CC[C@]2(C)C3)CCO1. The zero-order valence-electron chi connectivity index (χ0n) is 14.8. The predicted octanol–water partition coefficient (Wildman–Crippen LogP) is 4.53. The van der Waals surface area contributed by atoms with Gasteiger partial charge in [0.25, 0.3) is 0 Å². The van der Waals surface area contributed by atoms with Gasteiger partial charge in [-0.1, -0.05) is 34.6 Å². The minimum Gasteiger partial charge on any atom is -0.375 e. The summed E-state index contributed by atoms with van der Waals surface area (Å²) < 4.78 is 6.16. The summed E-state index contributed by atoms with van der Waals surface area (Å²) in [5, 5.41) is 4.12. The van der Waals surface area contributed by atoms with Gasteiger partial charge >= 0.3 is 0 Å². The lowest BCUT2D eigenvalue weighted by Gasteiger charge is -2.48. The van der Waals surface area contributed by atoms with E-state index in [2.05, 4.69) is 39.9 Å². The normalized spacial score (nSPS) is 44.1. The molecular formula is C19H35NO. The van der Waals surface area contributed by atoms with Gasteiger partial charge < -0.3 is 10.1 Å². The van der Waals surface area contributed by atoms with E-state index >= 15 is 0 Å². The Bertz CT molecular complexity index is 382. The molecule has 2 aliphatic carbocycles. The molecule has 0 spiro atoms. The highest BCUT2D eigenvalue weighted by Gasteiger charge is 2.59. The van der Waals surface area contributed by atoms with E-state index in [9.17, 15) is 0 Å². The smallest absolute Gasteiger partial charge is 0.0692 e. The summed E-state index contributed by atoms with van der Waals surface area (Å²) in [5.41, 5.74) is 1.14. The Morgan fingerprint density at radius 2 is 1.76 bits per heavy atom. The third kappa shape index (κ3) is 2.47. The molecule has 0 amide bonds. The Morgan fingerprint density at radius 1 is 1.05 bits per heavy atom. The Balaban J connectivity index is 1.72. The summed E-state index contributed by atoms with van der Waals surface area (Å²) in [6.45, 7) is 13.1. The highest BCUT2D eigenvalue weighted by molar-refractivity contribution is 5.13. The first-order valence-electron chi connectivity index (χ1n) is 9.25. The lowest BCUT2D eigenvalue weighted by Crippen LogP contribution is -2.57. The Labute approximate surface area is 131 Å². The van der Waals surface area contributed by atoms with Gasteiger partial charge in [0.1, 0.15) is 0 Å². The monoisotopic (exact) mass is 293 g/mol. The number of rotatable bonds is 4. The average Bonchev–Trinajstić information content (AvgIpc) is 2.95. The second kappa shape index (κ2) is 5.23. The van der Waals surface area contributed by atoms with E-state index in [4.69, 9.17) is 4.74 Å². The van der Waals surface area contributed by atoms with Crippen LogP contribution in [0.5, 0.6) is 0 Å². The summed E-state index contributed by atoms with van der Waals surface area (Å²) in [6.07, 6.45) is 9.00. The fourth-order valence-corrected chi connectivity index (χ4v) is 5.87. The van der Waals surface area contributed by atoms with Crippen molar-refractivity contribution in [3.8, 4) is 0 Å². The van der Waals surface area contributed by atoms with Crippen LogP contribution < -0.4 is 5.32 Å². The van der Waals surface area contributed by atoms with Gasteiger partial charge in [0, 0.05) is 18.7 Å². The standard InChI is InChI=1S/C19H35NO/c1-6-19(7-2)13-15(9-11-21-19)20-16-17(3,4)14-8-10-18(16,5)12-14/h14-16,20H,6-13H2,1-5H3/t14-,15?,16?,18+/m0/s1. The van der Waals surface area contributed by atoms with Gasteiger partial charge in [0.05, 0.1) is 5.60 Å². The van der Waals surface area contributed by atoms with Crippen LogP contribution in [0.15, 0.2) is 0 Å². The van der Waals surface area contributed by atoms with Gasteiger partial charge in [-0.05, 0) is 61.7 Å². The first kappa shape index (κ1) is 15.8. The van der Waals surface area contributed by atoms with Crippen molar-refractivity contribution >= 4 is 0 Å². The lowest BCUT2D eigenvalue weighted by molar-refractivity contribution is -0.0976. The van der Waals surface area contributed by atoms with Gasteiger partial charge in [-0.2, -0.15) is 0 Å². The van der Waals surface area contributed by atoms with E-state index in [-0.39, 0.29) is 5.60 Å². The predicted molar refractivity (Wildman–Crippen MR) is 88.4 cm³/mol. The highest BCUT2D eigenvalue weighted by Crippen LogP contribution is 2.62. The maximum Gasteiger partial charge on any atom is 0.0692 e. The molecule has 3 fully saturated rings. The van der Waals surface area contributed by atoms with Crippen LogP contribution >= 0.6 is 0 Å². The molecule has 3 aliphatic rings. The van der Waals surface area contributed by atoms with E-state index in [0.717, 1.165) is 25.4 Å². The molecule has 2 saturated carbocycles. The molecule has 0 radical (unpaired) electrons. The molecule has 0 aromatic heterocycles. The van der Waals surface area contributed by atoms with Crippen LogP contribution in [0.2, 0.25) is 0 Å². The van der Waals surface area contributed by atoms with Crippen molar-refractivity contribution in [1.29, 1.82) is 0 Å². The first-order chi connectivity index (χ1) is 9.85. The number of hydrogen-bond donors (Lipinski definition) is 1. The Kier molecular flexibility index (Phi) is 3.94. The Morgan fingerprint density at radius 3 is 2.33 bits per heavy atom. The molecule has 2 nitrogen and oxygen atoms in total. The van der Waals surface area contributed by atoms with Crippen LogP contribution in [0, 0.1) is 16.7 Å². The Hall–Kier alpha value is -0.0800. The van der Waals surface area contributed by atoms with Crippen LogP contribution in [-0.2, 0) is 4.74 Å². The van der Waals surface area contributed by atoms with Gasteiger partial charge in [-0.15, -0.1) is 0 Å². The van der Waals surface area contributed by atoms with E-state index in [1.807, 2.05) is 0 Å². The molecule has 1 heterocycles. The quantitative estimate of drug-likeness (QED) is 0.822. The number of ether oxygens (including phenoxy) is 1. The molecule has 1 aliphatic heterocycles. The molecule has 0 aromatic rings. The molecule has 3 rings (SSSR count). The summed E-state index contributed by atoms with van der Waals surface area (Å²) in [5.74, 6) is 0.932. The molecule has 21 heavy (non-hydrogen) atoms. The second-order valence-electron chi connectivity index (χ2n) is 8.94. The maximum absolute atomic E-state index is 6.16. The van der Waals surface area contributed by atoms with Gasteiger partial charge in [-0.3, -0.25) is 0 Å². The molecule has 4 atom stereocenters. The van der Waals surface area contributed by atoms with Crippen LogP contribution in [-0.4, -0.2) is 24.3 Å². The largest absolute Gasteiger partial charge is 0.375 e. The molecule has 1 N–H and O–H groups in total. The molecule has 0 aromatic carbocycles. The van der Waals surface area contributed by atoms with Crippen molar-refractivity contribution < 1.29 is 4.74 Å². The minimum atomic E-state index is 0.137. The van der Waals surface area contributed by atoms with E-state index in [0.29, 0.717) is 22.9 Å².